The van der Waals surface area contributed by atoms with Gasteiger partial charge in [0.05, 0.1) is 11.9 Å². The van der Waals surface area contributed by atoms with Gasteiger partial charge in [-0.05, 0) is 13.3 Å². The fraction of sp³-hybridized carbons (Fsp3) is 0.778. The highest BCUT2D eigenvalue weighted by molar-refractivity contribution is 7.99. The van der Waals surface area contributed by atoms with Crippen molar-refractivity contribution in [2.75, 3.05) is 6.61 Å². The number of rotatable bonds is 3. The van der Waals surface area contributed by atoms with Crippen LogP contribution in [0.25, 0.3) is 0 Å². The van der Waals surface area contributed by atoms with Crippen molar-refractivity contribution in [1.29, 1.82) is 0 Å². The molecule has 2 unspecified atom stereocenters. The van der Waals surface area contributed by atoms with Gasteiger partial charge in [0.2, 0.25) is 11.8 Å². The molecule has 1 aliphatic heterocycles. The van der Waals surface area contributed by atoms with Crippen LogP contribution >= 0.6 is 11.8 Å². The van der Waals surface area contributed by atoms with Gasteiger partial charge in [0.1, 0.15) is 0 Å². The standard InChI is InChI=1S/C9H14N2O2S/c1-6-8(3-4-12-6)14-5-9-11-10-7(2)13-9/h6,8H,3-5H2,1-2H3. The largest absolute Gasteiger partial charge is 0.425 e. The van der Waals surface area contributed by atoms with E-state index in [1.165, 1.54) is 0 Å². The van der Waals surface area contributed by atoms with E-state index in [0.29, 0.717) is 23.1 Å². The quantitative estimate of drug-likeness (QED) is 0.767. The molecule has 5 heteroatoms. The maximum Gasteiger partial charge on any atom is 0.226 e. The zero-order valence-corrected chi connectivity index (χ0v) is 9.21. The predicted molar refractivity (Wildman–Crippen MR) is 54.1 cm³/mol. The van der Waals surface area contributed by atoms with Crippen LogP contribution in [0.2, 0.25) is 0 Å². The Balaban J connectivity index is 1.82. The van der Waals surface area contributed by atoms with E-state index in [4.69, 9.17) is 9.15 Å². The van der Waals surface area contributed by atoms with E-state index in [-0.39, 0.29) is 0 Å². The topological polar surface area (TPSA) is 48.2 Å². The minimum Gasteiger partial charge on any atom is -0.425 e. The molecule has 0 aliphatic carbocycles. The molecule has 1 fully saturated rings. The second-order valence-corrected chi connectivity index (χ2v) is 4.66. The van der Waals surface area contributed by atoms with Crippen LogP contribution in [-0.2, 0) is 10.5 Å². The van der Waals surface area contributed by atoms with Crippen LogP contribution in [0.3, 0.4) is 0 Å². The third kappa shape index (κ3) is 2.27. The molecule has 0 aromatic carbocycles. The highest BCUT2D eigenvalue weighted by Gasteiger charge is 2.24. The summed E-state index contributed by atoms with van der Waals surface area (Å²) in [5, 5.41) is 8.31. The number of aromatic nitrogens is 2. The van der Waals surface area contributed by atoms with Crippen LogP contribution in [0.5, 0.6) is 0 Å². The van der Waals surface area contributed by atoms with Gasteiger partial charge in [-0.2, -0.15) is 0 Å². The molecule has 4 nitrogen and oxygen atoms in total. The third-order valence-corrected chi connectivity index (χ3v) is 3.76. The van der Waals surface area contributed by atoms with Crippen LogP contribution in [0, 0.1) is 6.92 Å². The first-order valence-corrected chi connectivity index (χ1v) is 5.83. The van der Waals surface area contributed by atoms with Gasteiger partial charge < -0.3 is 9.15 Å². The maximum absolute atomic E-state index is 5.47. The van der Waals surface area contributed by atoms with Gasteiger partial charge in [0, 0.05) is 18.8 Å². The van der Waals surface area contributed by atoms with Gasteiger partial charge in [-0.3, -0.25) is 0 Å². The summed E-state index contributed by atoms with van der Waals surface area (Å²) in [4.78, 5) is 0. The predicted octanol–water partition coefficient (Wildman–Crippen LogP) is 1.79. The number of hydrogen-bond donors (Lipinski definition) is 0. The molecule has 0 N–H and O–H groups in total. The summed E-state index contributed by atoms with van der Waals surface area (Å²) in [6.07, 6.45) is 1.47. The van der Waals surface area contributed by atoms with E-state index in [1.54, 1.807) is 0 Å². The second kappa shape index (κ2) is 4.31. The first-order chi connectivity index (χ1) is 6.75. The lowest BCUT2D eigenvalue weighted by atomic mass is 10.3. The number of aryl methyl sites for hydroxylation is 1. The van der Waals surface area contributed by atoms with Gasteiger partial charge in [-0.1, -0.05) is 0 Å². The smallest absolute Gasteiger partial charge is 0.226 e. The number of hydrogen-bond acceptors (Lipinski definition) is 5. The van der Waals surface area contributed by atoms with Crippen LogP contribution < -0.4 is 0 Å². The Morgan fingerprint density at radius 2 is 2.36 bits per heavy atom. The van der Waals surface area contributed by atoms with E-state index in [0.717, 1.165) is 18.8 Å². The number of nitrogens with zero attached hydrogens (tertiary/aromatic N) is 2. The van der Waals surface area contributed by atoms with Crippen molar-refractivity contribution in [3.63, 3.8) is 0 Å². The number of thioether (sulfide) groups is 1. The molecule has 14 heavy (non-hydrogen) atoms. The van der Waals surface area contributed by atoms with Crippen molar-refractivity contribution in [2.24, 2.45) is 0 Å². The molecule has 2 heterocycles. The van der Waals surface area contributed by atoms with E-state index in [1.807, 2.05) is 18.7 Å². The Bertz CT molecular complexity index is 303. The summed E-state index contributed by atoms with van der Waals surface area (Å²) in [5.74, 6) is 2.14. The summed E-state index contributed by atoms with van der Waals surface area (Å²) in [6, 6.07) is 0. The third-order valence-electron chi connectivity index (χ3n) is 2.30. The lowest BCUT2D eigenvalue weighted by Gasteiger charge is -2.11. The van der Waals surface area contributed by atoms with Crippen LogP contribution in [0.4, 0.5) is 0 Å². The van der Waals surface area contributed by atoms with Gasteiger partial charge in [0.25, 0.3) is 0 Å². The summed E-state index contributed by atoms with van der Waals surface area (Å²) >= 11 is 1.84. The molecule has 0 radical (unpaired) electrons. The normalized spacial score (nSPS) is 27.0. The molecular weight excluding hydrogens is 200 g/mol. The lowest BCUT2D eigenvalue weighted by molar-refractivity contribution is 0.127. The van der Waals surface area contributed by atoms with E-state index < -0.39 is 0 Å². The molecule has 1 aromatic heterocycles. The molecular formula is C9H14N2O2S. The SMILES string of the molecule is Cc1nnc(CSC2CCOC2C)o1. The highest BCUT2D eigenvalue weighted by Crippen LogP contribution is 2.28. The van der Waals surface area contributed by atoms with E-state index in [9.17, 15) is 0 Å². The molecule has 0 amide bonds. The second-order valence-electron chi connectivity index (χ2n) is 3.43. The average Bonchev–Trinajstić information content (AvgIpc) is 2.72. The Kier molecular flexibility index (Phi) is 3.08. The van der Waals surface area contributed by atoms with Crippen LogP contribution in [0.15, 0.2) is 4.42 Å². The Hall–Kier alpha value is -0.550. The van der Waals surface area contributed by atoms with Crippen molar-refractivity contribution >= 4 is 11.8 Å². The van der Waals surface area contributed by atoms with Gasteiger partial charge >= 0.3 is 0 Å². The van der Waals surface area contributed by atoms with E-state index in [2.05, 4.69) is 17.1 Å². The molecule has 0 bridgehead atoms. The van der Waals surface area contributed by atoms with Crippen LogP contribution in [-0.4, -0.2) is 28.2 Å². The highest BCUT2D eigenvalue weighted by atomic mass is 32.2. The zero-order chi connectivity index (χ0) is 9.97. The fourth-order valence-electron chi connectivity index (χ4n) is 1.51. The molecule has 0 spiro atoms. The molecule has 1 aliphatic rings. The summed E-state index contributed by atoms with van der Waals surface area (Å²) in [5.41, 5.74) is 0. The average molecular weight is 214 g/mol. The van der Waals surface area contributed by atoms with Crippen molar-refractivity contribution in [1.82, 2.24) is 10.2 Å². The summed E-state index contributed by atoms with van der Waals surface area (Å²) in [6.45, 7) is 4.80. The number of ether oxygens (including phenoxy) is 1. The summed E-state index contributed by atoms with van der Waals surface area (Å²) in [7, 11) is 0. The lowest BCUT2D eigenvalue weighted by Crippen LogP contribution is -2.13. The van der Waals surface area contributed by atoms with Crippen LogP contribution in [0.1, 0.15) is 25.1 Å². The monoisotopic (exact) mass is 214 g/mol. The minimum atomic E-state index is 0.351. The van der Waals surface area contributed by atoms with Crippen molar-refractivity contribution in [3.8, 4) is 0 Å². The molecule has 0 saturated carbocycles. The molecule has 1 saturated heterocycles. The fourth-order valence-corrected chi connectivity index (χ4v) is 2.59. The molecule has 2 atom stereocenters. The van der Waals surface area contributed by atoms with E-state index >= 15 is 0 Å². The molecule has 78 valence electrons. The zero-order valence-electron chi connectivity index (χ0n) is 8.40. The van der Waals surface area contributed by atoms with Crippen molar-refractivity contribution in [3.05, 3.63) is 11.8 Å². The molecule has 2 rings (SSSR count). The first-order valence-electron chi connectivity index (χ1n) is 4.78. The minimum absolute atomic E-state index is 0.351. The molecule has 1 aromatic rings. The maximum atomic E-state index is 5.47. The summed E-state index contributed by atoms with van der Waals surface area (Å²) < 4.78 is 10.8. The Morgan fingerprint density at radius 1 is 1.50 bits per heavy atom. The van der Waals surface area contributed by atoms with Crippen molar-refractivity contribution < 1.29 is 9.15 Å². The van der Waals surface area contributed by atoms with Gasteiger partial charge in [-0.25, -0.2) is 0 Å². The van der Waals surface area contributed by atoms with Crippen molar-refractivity contribution in [2.45, 2.75) is 37.4 Å². The Labute approximate surface area is 87.4 Å². The van der Waals surface area contributed by atoms with Gasteiger partial charge in [-0.15, -0.1) is 22.0 Å². The van der Waals surface area contributed by atoms with Gasteiger partial charge in [0.15, 0.2) is 0 Å². The Morgan fingerprint density at radius 3 is 2.93 bits per heavy atom. The first kappa shape index (κ1) is 9.98.